The SMILES string of the molecule is CC(C)(C)N=PN(C(C)(C)C)[Si](C)(C)C. The second-order valence-electron chi connectivity index (χ2n) is 7.01. The van der Waals surface area contributed by atoms with Gasteiger partial charge >= 0.3 is 0 Å². The molecule has 0 amide bonds. The summed E-state index contributed by atoms with van der Waals surface area (Å²) in [7, 11) is -0.165. The van der Waals surface area contributed by atoms with Crippen LogP contribution in [0.15, 0.2) is 4.74 Å². The minimum absolute atomic E-state index is 0.0602. The first-order chi connectivity index (χ1) is 6.34. The maximum Gasteiger partial charge on any atom is 0.131 e. The molecule has 15 heavy (non-hydrogen) atoms. The third-order valence-corrected chi connectivity index (χ3v) is 7.18. The minimum Gasteiger partial charge on any atom is -0.259 e. The molecule has 0 N–H and O–H groups in total. The summed E-state index contributed by atoms with van der Waals surface area (Å²) in [5.41, 5.74) is 0.269. The Bertz CT molecular complexity index is 216. The van der Waals surface area contributed by atoms with Gasteiger partial charge in [-0.15, -0.1) is 0 Å². The van der Waals surface area contributed by atoms with Gasteiger partial charge in [-0.3, -0.25) is 4.34 Å². The molecule has 0 aromatic heterocycles. The smallest absolute Gasteiger partial charge is 0.131 e. The molecule has 0 unspecified atom stereocenters. The molecule has 0 saturated heterocycles. The first kappa shape index (κ1) is 15.3. The molecule has 0 saturated carbocycles. The first-order valence-corrected chi connectivity index (χ1v) is 9.82. The fraction of sp³-hybridized carbons (Fsp3) is 1.00. The van der Waals surface area contributed by atoms with Crippen molar-refractivity contribution in [3.05, 3.63) is 0 Å². The third kappa shape index (κ3) is 6.44. The Hall–Kier alpha value is 0.277. The van der Waals surface area contributed by atoms with Crippen LogP contribution in [0.5, 0.6) is 0 Å². The van der Waals surface area contributed by atoms with Crippen molar-refractivity contribution >= 4 is 16.8 Å². The highest BCUT2D eigenvalue weighted by atomic mass is 31.1. The van der Waals surface area contributed by atoms with E-state index in [4.69, 9.17) is 4.74 Å². The van der Waals surface area contributed by atoms with Crippen LogP contribution in [-0.2, 0) is 0 Å². The van der Waals surface area contributed by atoms with E-state index in [1.54, 1.807) is 0 Å². The summed E-state index contributed by atoms with van der Waals surface area (Å²) in [4.78, 5) is 0. The quantitative estimate of drug-likeness (QED) is 0.506. The van der Waals surface area contributed by atoms with Crippen molar-refractivity contribution in [2.75, 3.05) is 0 Å². The first-order valence-electron chi connectivity index (χ1n) is 5.57. The summed E-state index contributed by atoms with van der Waals surface area (Å²) in [6.45, 7) is 20.4. The van der Waals surface area contributed by atoms with E-state index in [2.05, 4.69) is 65.5 Å². The van der Waals surface area contributed by atoms with E-state index in [9.17, 15) is 0 Å². The lowest BCUT2D eigenvalue weighted by Crippen LogP contribution is -2.50. The Morgan fingerprint density at radius 3 is 1.53 bits per heavy atom. The Balaban J connectivity index is 4.94. The van der Waals surface area contributed by atoms with Crippen LogP contribution in [0, 0.1) is 0 Å². The van der Waals surface area contributed by atoms with Crippen LogP contribution < -0.4 is 0 Å². The van der Waals surface area contributed by atoms with Crippen LogP contribution in [0.25, 0.3) is 0 Å². The normalized spacial score (nSPS) is 15.3. The molecule has 0 aromatic carbocycles. The number of hydrogen-bond donors (Lipinski definition) is 0. The van der Waals surface area contributed by atoms with Crippen LogP contribution in [0.2, 0.25) is 19.6 Å². The molecule has 0 heterocycles. The number of hydrogen-bond acceptors (Lipinski definition) is 1. The van der Waals surface area contributed by atoms with Crippen molar-refractivity contribution in [3.8, 4) is 0 Å². The Morgan fingerprint density at radius 1 is 0.933 bits per heavy atom. The van der Waals surface area contributed by atoms with Gasteiger partial charge in [0.2, 0.25) is 0 Å². The van der Waals surface area contributed by atoms with Gasteiger partial charge in [0.1, 0.15) is 8.24 Å². The van der Waals surface area contributed by atoms with Crippen LogP contribution in [0.4, 0.5) is 0 Å². The third-order valence-electron chi connectivity index (χ3n) is 1.70. The molecular weight excluding hydrogens is 219 g/mol. The van der Waals surface area contributed by atoms with E-state index in [1.807, 2.05) is 0 Å². The average Bonchev–Trinajstić information content (AvgIpc) is 1.75. The summed E-state index contributed by atoms with van der Waals surface area (Å²) >= 11 is 0. The van der Waals surface area contributed by atoms with E-state index in [0.717, 1.165) is 8.52 Å². The lowest BCUT2D eigenvalue weighted by atomic mass is 10.1. The summed E-state index contributed by atoms with van der Waals surface area (Å²) in [6.07, 6.45) is 0. The van der Waals surface area contributed by atoms with Crippen molar-refractivity contribution in [2.24, 2.45) is 4.74 Å². The van der Waals surface area contributed by atoms with Gasteiger partial charge in [0, 0.05) is 5.54 Å². The fourth-order valence-corrected chi connectivity index (χ4v) is 5.30. The highest BCUT2D eigenvalue weighted by Gasteiger charge is 2.32. The van der Waals surface area contributed by atoms with Crippen LogP contribution in [0.3, 0.4) is 0 Å². The number of nitrogens with zero attached hydrogens (tertiary/aromatic N) is 2. The standard InChI is InChI=1S/C11H27N2PSi/c1-10(2,3)12-14-13(11(4,5)6)15(7,8)9/h1-9H3. The molecule has 0 spiro atoms. The molecule has 4 heteroatoms. The molecule has 90 valence electrons. The van der Waals surface area contributed by atoms with Gasteiger partial charge < -0.3 is 0 Å². The van der Waals surface area contributed by atoms with Gasteiger partial charge in [0.25, 0.3) is 0 Å². The summed E-state index contributed by atoms with van der Waals surface area (Å²) in [5.74, 6) is 0. The van der Waals surface area contributed by atoms with Gasteiger partial charge in [-0.05, 0) is 41.5 Å². The molecule has 2 nitrogen and oxygen atoms in total. The van der Waals surface area contributed by atoms with Crippen molar-refractivity contribution in [2.45, 2.75) is 72.3 Å². The van der Waals surface area contributed by atoms with Crippen LogP contribution >= 0.6 is 8.52 Å². The Morgan fingerprint density at radius 2 is 1.33 bits per heavy atom. The second kappa shape index (κ2) is 4.64. The lowest BCUT2D eigenvalue weighted by Gasteiger charge is -2.40. The summed E-state index contributed by atoms with van der Waals surface area (Å²) in [5, 5.41) is 0. The van der Waals surface area contributed by atoms with E-state index >= 15 is 0 Å². The van der Waals surface area contributed by atoms with Gasteiger partial charge in [-0.2, -0.15) is 0 Å². The molecule has 0 rings (SSSR count). The van der Waals surface area contributed by atoms with Crippen molar-refractivity contribution in [3.63, 3.8) is 0 Å². The predicted octanol–water partition coefficient (Wildman–Crippen LogP) is 4.77. The fourth-order valence-electron chi connectivity index (χ4n) is 1.45. The van der Waals surface area contributed by atoms with E-state index in [-0.39, 0.29) is 11.1 Å². The van der Waals surface area contributed by atoms with E-state index in [0.29, 0.717) is 0 Å². The second-order valence-corrected chi connectivity index (χ2v) is 13.0. The summed E-state index contributed by atoms with van der Waals surface area (Å²) < 4.78 is 7.27. The number of rotatable bonds is 2. The molecule has 0 aliphatic heterocycles. The topological polar surface area (TPSA) is 15.6 Å². The van der Waals surface area contributed by atoms with E-state index < -0.39 is 8.24 Å². The zero-order valence-corrected chi connectivity index (χ0v) is 13.7. The van der Waals surface area contributed by atoms with Gasteiger partial charge in [0.05, 0.1) is 14.1 Å². The van der Waals surface area contributed by atoms with Crippen LogP contribution in [-0.4, -0.2) is 23.6 Å². The minimum atomic E-state index is -1.29. The van der Waals surface area contributed by atoms with Gasteiger partial charge in [0.15, 0.2) is 0 Å². The molecule has 0 atom stereocenters. The zero-order valence-electron chi connectivity index (χ0n) is 11.8. The molecule has 0 aliphatic carbocycles. The van der Waals surface area contributed by atoms with Crippen molar-refractivity contribution in [1.29, 1.82) is 0 Å². The predicted molar refractivity (Wildman–Crippen MR) is 74.0 cm³/mol. The molecule has 0 fully saturated rings. The van der Waals surface area contributed by atoms with Gasteiger partial charge in [-0.25, -0.2) is 4.74 Å². The summed E-state index contributed by atoms with van der Waals surface area (Å²) in [6, 6.07) is 0. The van der Waals surface area contributed by atoms with Crippen LogP contribution in [0.1, 0.15) is 41.5 Å². The molecule has 0 bridgehead atoms. The Kier molecular flexibility index (Phi) is 4.73. The van der Waals surface area contributed by atoms with E-state index in [1.165, 1.54) is 0 Å². The highest BCUT2D eigenvalue weighted by molar-refractivity contribution is 7.28. The molecular formula is C11H27N2PSi. The largest absolute Gasteiger partial charge is 0.259 e. The van der Waals surface area contributed by atoms with Crippen molar-refractivity contribution < 1.29 is 0 Å². The zero-order chi connectivity index (χ0) is 12.5. The maximum absolute atomic E-state index is 4.72. The molecule has 0 radical (unpaired) electrons. The molecule has 0 aliphatic rings. The lowest BCUT2D eigenvalue weighted by molar-refractivity contribution is 0.376. The average molecular weight is 246 g/mol. The molecule has 0 aromatic rings. The Labute approximate surface area is 98.5 Å². The monoisotopic (exact) mass is 246 g/mol. The van der Waals surface area contributed by atoms with Crippen molar-refractivity contribution in [1.82, 2.24) is 4.34 Å². The highest BCUT2D eigenvalue weighted by Crippen LogP contribution is 2.32. The maximum atomic E-state index is 4.72. The van der Waals surface area contributed by atoms with Gasteiger partial charge in [-0.1, -0.05) is 19.6 Å².